The Hall–Kier alpha value is -1.66. The fourth-order valence-electron chi connectivity index (χ4n) is 3.35. The van der Waals surface area contributed by atoms with Crippen LogP contribution in [0.15, 0.2) is 18.3 Å². The van der Waals surface area contributed by atoms with E-state index in [0.29, 0.717) is 6.04 Å². The van der Waals surface area contributed by atoms with Crippen molar-refractivity contribution in [1.29, 1.82) is 0 Å². The number of hydrogen-bond donors (Lipinski definition) is 0. The number of pyridine rings is 1. The van der Waals surface area contributed by atoms with Crippen molar-refractivity contribution in [3.05, 3.63) is 23.9 Å². The van der Waals surface area contributed by atoms with E-state index in [9.17, 15) is 4.79 Å². The van der Waals surface area contributed by atoms with Crippen molar-refractivity contribution >= 4 is 11.7 Å². The number of rotatable bonds is 8. The van der Waals surface area contributed by atoms with Crippen LogP contribution in [0.4, 0.5) is 5.82 Å². The first-order valence-corrected chi connectivity index (χ1v) is 9.23. The van der Waals surface area contributed by atoms with E-state index in [4.69, 9.17) is 0 Å². The average Bonchev–Trinajstić information content (AvgIpc) is 3.05. The van der Waals surface area contributed by atoms with Gasteiger partial charge in [-0.05, 0) is 52.2 Å². The van der Waals surface area contributed by atoms with Gasteiger partial charge in [0.05, 0.1) is 0 Å². The number of carbonyl (C=O) groups excluding carboxylic acids is 1. The molecule has 6 heteroatoms. The van der Waals surface area contributed by atoms with Gasteiger partial charge in [-0.25, -0.2) is 4.98 Å². The summed E-state index contributed by atoms with van der Waals surface area (Å²) in [5.41, 5.74) is 0.721. The molecule has 0 radical (unpaired) electrons. The van der Waals surface area contributed by atoms with Crippen LogP contribution >= 0.6 is 0 Å². The molecule has 0 aliphatic carbocycles. The predicted octanol–water partition coefficient (Wildman–Crippen LogP) is 1.64. The van der Waals surface area contributed by atoms with Crippen molar-refractivity contribution in [2.75, 3.05) is 65.8 Å². The van der Waals surface area contributed by atoms with Crippen LogP contribution in [0.25, 0.3) is 0 Å². The Morgan fingerprint density at radius 2 is 2.04 bits per heavy atom. The Bertz CT molecular complexity index is 561. The zero-order valence-electron chi connectivity index (χ0n) is 16.4. The van der Waals surface area contributed by atoms with Crippen LogP contribution in [-0.2, 0) is 0 Å². The Morgan fingerprint density at radius 3 is 2.68 bits per heavy atom. The van der Waals surface area contributed by atoms with Gasteiger partial charge in [-0.2, -0.15) is 0 Å². The van der Waals surface area contributed by atoms with Gasteiger partial charge in [-0.15, -0.1) is 0 Å². The lowest BCUT2D eigenvalue weighted by atomic mass is 10.1. The normalized spacial score (nSPS) is 17.9. The van der Waals surface area contributed by atoms with E-state index in [1.807, 2.05) is 50.1 Å². The predicted molar refractivity (Wildman–Crippen MR) is 103 cm³/mol. The summed E-state index contributed by atoms with van der Waals surface area (Å²) in [7, 11) is 7.98. The molecule has 25 heavy (non-hydrogen) atoms. The van der Waals surface area contributed by atoms with Gasteiger partial charge in [-0.1, -0.05) is 6.92 Å². The van der Waals surface area contributed by atoms with Crippen LogP contribution in [0.5, 0.6) is 0 Å². The fourth-order valence-corrected chi connectivity index (χ4v) is 3.35. The van der Waals surface area contributed by atoms with Gasteiger partial charge in [0.2, 0.25) is 0 Å². The molecular formula is C19H33N5O. The summed E-state index contributed by atoms with van der Waals surface area (Å²) in [6.45, 7) is 6.84. The summed E-state index contributed by atoms with van der Waals surface area (Å²) in [5, 5.41) is 0. The van der Waals surface area contributed by atoms with Crippen molar-refractivity contribution in [1.82, 2.24) is 19.7 Å². The molecule has 140 valence electrons. The largest absolute Gasteiger partial charge is 0.363 e. The van der Waals surface area contributed by atoms with Crippen molar-refractivity contribution in [2.45, 2.75) is 25.8 Å². The molecule has 0 bridgehead atoms. The molecule has 0 aromatic carbocycles. The van der Waals surface area contributed by atoms with Gasteiger partial charge < -0.3 is 14.7 Å². The smallest absolute Gasteiger partial charge is 0.254 e. The monoisotopic (exact) mass is 347 g/mol. The van der Waals surface area contributed by atoms with E-state index in [-0.39, 0.29) is 5.91 Å². The highest BCUT2D eigenvalue weighted by Crippen LogP contribution is 2.19. The molecule has 2 rings (SSSR count). The maximum Gasteiger partial charge on any atom is 0.254 e. The Morgan fingerprint density at radius 1 is 1.28 bits per heavy atom. The summed E-state index contributed by atoms with van der Waals surface area (Å²) in [4.78, 5) is 26.1. The van der Waals surface area contributed by atoms with Crippen molar-refractivity contribution in [3.63, 3.8) is 0 Å². The number of likely N-dealkylation sites (tertiary alicyclic amines) is 1. The minimum Gasteiger partial charge on any atom is -0.363 e. The highest BCUT2D eigenvalue weighted by molar-refractivity contribution is 5.94. The lowest BCUT2D eigenvalue weighted by molar-refractivity contribution is 0.0694. The second-order valence-corrected chi connectivity index (χ2v) is 7.28. The van der Waals surface area contributed by atoms with E-state index in [1.165, 1.54) is 12.8 Å². The zero-order valence-corrected chi connectivity index (χ0v) is 16.4. The molecular weight excluding hydrogens is 314 g/mol. The molecule has 1 aromatic heterocycles. The first-order chi connectivity index (χ1) is 11.9. The Kier molecular flexibility index (Phi) is 7.20. The number of aromatic nitrogens is 1. The van der Waals surface area contributed by atoms with E-state index in [0.717, 1.165) is 44.1 Å². The maximum atomic E-state index is 13.2. The molecule has 1 atom stereocenters. The first kappa shape index (κ1) is 19.7. The molecule has 2 heterocycles. The molecule has 1 aliphatic heterocycles. The highest BCUT2D eigenvalue weighted by Gasteiger charge is 2.27. The molecule has 1 saturated heterocycles. The van der Waals surface area contributed by atoms with Crippen LogP contribution in [0.3, 0.4) is 0 Å². The van der Waals surface area contributed by atoms with Crippen molar-refractivity contribution in [3.8, 4) is 0 Å². The number of hydrogen-bond acceptors (Lipinski definition) is 5. The van der Waals surface area contributed by atoms with Crippen LogP contribution in [0.2, 0.25) is 0 Å². The van der Waals surface area contributed by atoms with Gasteiger partial charge >= 0.3 is 0 Å². The van der Waals surface area contributed by atoms with Gasteiger partial charge in [0.15, 0.2) is 0 Å². The number of anilines is 1. The third-order valence-electron chi connectivity index (χ3n) is 4.89. The summed E-state index contributed by atoms with van der Waals surface area (Å²) < 4.78 is 0. The minimum atomic E-state index is 0.107. The minimum absolute atomic E-state index is 0.107. The first-order valence-electron chi connectivity index (χ1n) is 9.23. The lowest BCUT2D eigenvalue weighted by Gasteiger charge is -2.31. The number of likely N-dealkylation sites (N-methyl/N-ethyl adjacent to an activating group) is 2. The van der Waals surface area contributed by atoms with Crippen LogP contribution in [-0.4, -0.2) is 92.5 Å². The van der Waals surface area contributed by atoms with Crippen molar-refractivity contribution < 1.29 is 4.79 Å². The van der Waals surface area contributed by atoms with E-state index in [2.05, 4.69) is 21.7 Å². The standard InChI is InChI=1S/C19H33N5O/c1-6-23-11-7-8-17(23)15-24(13-12-21(2)3)19(25)16-9-10-20-18(14-16)22(4)5/h9-10,14,17H,6-8,11-13,15H2,1-5H3. The zero-order chi connectivity index (χ0) is 18.4. The SMILES string of the molecule is CCN1CCCC1CN(CCN(C)C)C(=O)c1ccnc(N(C)C)c1. The molecule has 0 spiro atoms. The highest BCUT2D eigenvalue weighted by atomic mass is 16.2. The topological polar surface area (TPSA) is 42.9 Å². The van der Waals surface area contributed by atoms with Crippen LogP contribution in [0, 0.1) is 0 Å². The molecule has 1 fully saturated rings. The Balaban J connectivity index is 2.15. The maximum absolute atomic E-state index is 13.2. The average molecular weight is 348 g/mol. The summed E-state index contributed by atoms with van der Waals surface area (Å²) in [6, 6.07) is 4.19. The molecule has 1 amide bonds. The van der Waals surface area contributed by atoms with Crippen LogP contribution < -0.4 is 4.90 Å². The van der Waals surface area contributed by atoms with E-state index < -0.39 is 0 Å². The third kappa shape index (κ3) is 5.41. The third-order valence-corrected chi connectivity index (χ3v) is 4.89. The lowest BCUT2D eigenvalue weighted by Crippen LogP contribution is -2.45. The van der Waals surface area contributed by atoms with Crippen LogP contribution in [0.1, 0.15) is 30.1 Å². The Labute approximate surface area is 152 Å². The number of amides is 1. The molecule has 0 N–H and O–H groups in total. The van der Waals surface area contributed by atoms with E-state index in [1.54, 1.807) is 6.20 Å². The fraction of sp³-hybridized carbons (Fsp3) is 0.684. The van der Waals surface area contributed by atoms with Gasteiger partial charge in [-0.3, -0.25) is 9.69 Å². The summed E-state index contributed by atoms with van der Waals surface area (Å²) in [5.74, 6) is 0.921. The van der Waals surface area contributed by atoms with Gasteiger partial charge in [0.1, 0.15) is 5.82 Å². The summed E-state index contributed by atoms with van der Waals surface area (Å²) >= 11 is 0. The molecule has 1 unspecified atom stereocenters. The number of nitrogens with zero attached hydrogens (tertiary/aromatic N) is 5. The number of carbonyl (C=O) groups is 1. The molecule has 6 nitrogen and oxygen atoms in total. The molecule has 1 aliphatic rings. The molecule has 0 saturated carbocycles. The van der Waals surface area contributed by atoms with Crippen molar-refractivity contribution in [2.24, 2.45) is 0 Å². The van der Waals surface area contributed by atoms with Gasteiger partial charge in [0, 0.05) is 51.5 Å². The summed E-state index contributed by atoms with van der Waals surface area (Å²) in [6.07, 6.45) is 4.13. The molecule has 1 aromatic rings. The quantitative estimate of drug-likeness (QED) is 0.715. The van der Waals surface area contributed by atoms with E-state index >= 15 is 0 Å². The second-order valence-electron chi connectivity index (χ2n) is 7.28. The van der Waals surface area contributed by atoms with Gasteiger partial charge in [0.25, 0.3) is 5.91 Å². The second kappa shape index (κ2) is 9.15.